The lowest BCUT2D eigenvalue weighted by molar-refractivity contribution is 0.752. The lowest BCUT2D eigenvalue weighted by atomic mass is 10.1. The van der Waals surface area contributed by atoms with E-state index < -0.39 is 0 Å². The van der Waals surface area contributed by atoms with E-state index in [1.54, 1.807) is 23.1 Å². The van der Waals surface area contributed by atoms with Gasteiger partial charge >= 0.3 is 0 Å². The molecule has 1 aromatic carbocycles. The third kappa shape index (κ3) is 2.78. The average Bonchev–Trinajstić information content (AvgIpc) is 2.98. The maximum Gasteiger partial charge on any atom is 0.103 e. The van der Waals surface area contributed by atoms with Gasteiger partial charge < -0.3 is 4.90 Å². The molecule has 0 bridgehead atoms. The van der Waals surface area contributed by atoms with E-state index in [1.165, 1.54) is 4.88 Å². The quantitative estimate of drug-likeness (QED) is 0.773. The Morgan fingerprint density at radius 2 is 2.11 bits per heavy atom. The minimum atomic E-state index is 0.268. The summed E-state index contributed by atoms with van der Waals surface area (Å²) in [5, 5.41) is 11.5. The van der Waals surface area contributed by atoms with Crippen LogP contribution in [0, 0.1) is 11.3 Å². The lowest BCUT2D eigenvalue weighted by Crippen LogP contribution is -2.21. The first-order valence-electron chi connectivity index (χ1n) is 6.02. The largest absolute Gasteiger partial charge is 0.366 e. The van der Waals surface area contributed by atoms with Crippen LogP contribution in [0.2, 0.25) is 0 Å². The summed E-state index contributed by atoms with van der Waals surface area (Å²) in [6.07, 6.45) is 2.00. The Kier molecular flexibility index (Phi) is 4.52. The van der Waals surface area contributed by atoms with E-state index in [0.717, 1.165) is 16.1 Å². The second kappa shape index (κ2) is 6.14. The first kappa shape index (κ1) is 14.0. The molecule has 0 aliphatic carbocycles. The van der Waals surface area contributed by atoms with Gasteiger partial charge in [-0.1, -0.05) is 12.1 Å². The molecule has 2 nitrogen and oxygen atoms in total. The number of anilines is 1. The van der Waals surface area contributed by atoms with E-state index in [-0.39, 0.29) is 6.04 Å². The van der Waals surface area contributed by atoms with Crippen molar-refractivity contribution in [3.63, 3.8) is 0 Å². The predicted octanol–water partition coefficient (Wildman–Crippen LogP) is 4.54. The van der Waals surface area contributed by atoms with Crippen molar-refractivity contribution < 1.29 is 0 Å². The Morgan fingerprint density at radius 1 is 1.32 bits per heavy atom. The molecule has 2 rings (SSSR count). The highest BCUT2D eigenvalue weighted by Gasteiger charge is 2.17. The van der Waals surface area contributed by atoms with Crippen molar-refractivity contribution in [2.75, 3.05) is 18.2 Å². The minimum absolute atomic E-state index is 0.268. The van der Waals surface area contributed by atoms with E-state index in [4.69, 9.17) is 0 Å². The van der Waals surface area contributed by atoms with Crippen molar-refractivity contribution >= 4 is 28.8 Å². The van der Waals surface area contributed by atoms with Crippen LogP contribution in [0.1, 0.15) is 23.4 Å². The molecule has 1 atom stereocenters. The van der Waals surface area contributed by atoms with Crippen LogP contribution in [0.25, 0.3) is 0 Å². The summed E-state index contributed by atoms with van der Waals surface area (Å²) in [6.45, 7) is 2.17. The molecule has 98 valence electrons. The molecule has 4 heteroatoms. The van der Waals surface area contributed by atoms with Crippen LogP contribution >= 0.6 is 23.1 Å². The first-order chi connectivity index (χ1) is 9.19. The Bertz CT molecular complexity index is 585. The summed E-state index contributed by atoms with van der Waals surface area (Å²) < 4.78 is 0. The zero-order chi connectivity index (χ0) is 13.8. The molecule has 0 saturated heterocycles. The van der Waals surface area contributed by atoms with Crippen LogP contribution in [0.4, 0.5) is 5.69 Å². The molecule has 1 unspecified atom stereocenters. The van der Waals surface area contributed by atoms with Gasteiger partial charge in [-0.3, -0.25) is 0 Å². The minimum Gasteiger partial charge on any atom is -0.366 e. The van der Waals surface area contributed by atoms with Crippen molar-refractivity contribution in [1.29, 1.82) is 5.26 Å². The van der Waals surface area contributed by atoms with Crippen molar-refractivity contribution in [2.24, 2.45) is 0 Å². The predicted molar refractivity (Wildman–Crippen MR) is 84.1 cm³/mol. The fourth-order valence-corrected chi connectivity index (χ4v) is 3.42. The van der Waals surface area contributed by atoms with Gasteiger partial charge in [-0.2, -0.15) is 5.26 Å². The fraction of sp³-hybridized carbons (Fsp3) is 0.267. The van der Waals surface area contributed by atoms with Gasteiger partial charge in [0.05, 0.1) is 17.3 Å². The zero-order valence-corrected chi connectivity index (χ0v) is 12.9. The van der Waals surface area contributed by atoms with Crippen LogP contribution in [0.15, 0.2) is 40.6 Å². The average molecular weight is 288 g/mol. The standard InChI is InChI=1S/C15H16N2S2/c1-11(14-8-5-9-19-14)17(2)13-6-4-7-15(18-3)12(13)10-16/h4-9,11H,1-3H3. The summed E-state index contributed by atoms with van der Waals surface area (Å²) in [5.74, 6) is 0. The SMILES string of the molecule is CSc1cccc(N(C)C(C)c2cccs2)c1C#N. The Labute approximate surface area is 122 Å². The molecule has 0 aliphatic heterocycles. The van der Waals surface area contributed by atoms with Crippen LogP contribution in [-0.4, -0.2) is 13.3 Å². The number of rotatable bonds is 4. The van der Waals surface area contributed by atoms with Crippen molar-refractivity contribution in [3.8, 4) is 6.07 Å². The topological polar surface area (TPSA) is 27.0 Å². The lowest BCUT2D eigenvalue weighted by Gasteiger charge is -2.27. The second-order valence-electron chi connectivity index (χ2n) is 4.27. The molecular formula is C15H16N2S2. The molecule has 0 N–H and O–H groups in total. The summed E-state index contributed by atoms with van der Waals surface area (Å²) in [7, 11) is 2.05. The Hall–Kier alpha value is -1.44. The van der Waals surface area contributed by atoms with E-state index in [9.17, 15) is 5.26 Å². The zero-order valence-electron chi connectivity index (χ0n) is 11.3. The number of hydrogen-bond donors (Lipinski definition) is 0. The number of thiophene rings is 1. The highest BCUT2D eigenvalue weighted by molar-refractivity contribution is 7.98. The summed E-state index contributed by atoms with van der Waals surface area (Å²) >= 11 is 3.36. The molecule has 2 aromatic rings. The molecule has 0 spiro atoms. The highest BCUT2D eigenvalue weighted by Crippen LogP contribution is 2.33. The first-order valence-corrected chi connectivity index (χ1v) is 8.12. The molecule has 0 saturated carbocycles. The van der Waals surface area contributed by atoms with Crippen LogP contribution in [0.5, 0.6) is 0 Å². The van der Waals surface area contributed by atoms with E-state index >= 15 is 0 Å². The number of nitrogens with zero attached hydrogens (tertiary/aromatic N) is 2. The third-order valence-electron chi connectivity index (χ3n) is 3.25. The summed E-state index contributed by atoms with van der Waals surface area (Å²) in [5.41, 5.74) is 1.76. The van der Waals surface area contributed by atoms with Crippen molar-refractivity contribution in [1.82, 2.24) is 0 Å². The molecule has 0 fully saturated rings. The van der Waals surface area contributed by atoms with Gasteiger partial charge in [0.25, 0.3) is 0 Å². The normalized spacial score (nSPS) is 11.9. The van der Waals surface area contributed by atoms with Crippen LogP contribution in [-0.2, 0) is 0 Å². The van der Waals surface area contributed by atoms with Crippen LogP contribution < -0.4 is 4.90 Å². The molecular weight excluding hydrogens is 272 g/mol. The Morgan fingerprint density at radius 3 is 2.68 bits per heavy atom. The smallest absolute Gasteiger partial charge is 0.103 e. The number of benzene rings is 1. The van der Waals surface area contributed by atoms with Gasteiger partial charge in [0.1, 0.15) is 6.07 Å². The fourth-order valence-electron chi connectivity index (χ4n) is 2.02. The van der Waals surface area contributed by atoms with Crippen molar-refractivity contribution in [2.45, 2.75) is 17.9 Å². The monoisotopic (exact) mass is 288 g/mol. The Balaban J connectivity index is 2.39. The third-order valence-corrected chi connectivity index (χ3v) is 5.07. The number of nitriles is 1. The highest BCUT2D eigenvalue weighted by atomic mass is 32.2. The summed E-state index contributed by atoms with van der Waals surface area (Å²) in [4.78, 5) is 4.51. The second-order valence-corrected chi connectivity index (χ2v) is 6.10. The summed E-state index contributed by atoms with van der Waals surface area (Å²) in [6, 6.07) is 12.8. The molecule has 0 amide bonds. The molecule has 0 aliphatic rings. The van der Waals surface area contributed by atoms with Gasteiger partial charge in [0.15, 0.2) is 0 Å². The van der Waals surface area contributed by atoms with Crippen LogP contribution in [0.3, 0.4) is 0 Å². The maximum atomic E-state index is 9.40. The van der Waals surface area contributed by atoms with Crippen molar-refractivity contribution in [3.05, 3.63) is 46.2 Å². The molecule has 1 aromatic heterocycles. The molecule has 0 radical (unpaired) electrons. The molecule has 19 heavy (non-hydrogen) atoms. The van der Waals surface area contributed by atoms with E-state index in [0.29, 0.717) is 0 Å². The molecule has 1 heterocycles. The van der Waals surface area contributed by atoms with E-state index in [1.807, 2.05) is 31.5 Å². The van der Waals surface area contributed by atoms with Gasteiger partial charge in [-0.15, -0.1) is 23.1 Å². The van der Waals surface area contributed by atoms with Gasteiger partial charge in [0.2, 0.25) is 0 Å². The van der Waals surface area contributed by atoms with E-state index in [2.05, 4.69) is 35.4 Å². The van der Waals surface area contributed by atoms with Gasteiger partial charge in [-0.05, 0) is 36.8 Å². The number of hydrogen-bond acceptors (Lipinski definition) is 4. The number of thioether (sulfide) groups is 1. The van der Waals surface area contributed by atoms with Gasteiger partial charge in [0, 0.05) is 16.8 Å². The maximum absolute atomic E-state index is 9.40. The van der Waals surface area contributed by atoms with Gasteiger partial charge in [-0.25, -0.2) is 0 Å².